The van der Waals surface area contributed by atoms with Gasteiger partial charge in [-0.15, -0.1) is 0 Å². The van der Waals surface area contributed by atoms with Gasteiger partial charge in [0, 0.05) is 50.3 Å². The molecule has 7 heteroatoms. The van der Waals surface area contributed by atoms with Gasteiger partial charge in [0.1, 0.15) is 18.0 Å². The molecule has 1 atom stereocenters. The predicted octanol–water partition coefficient (Wildman–Crippen LogP) is 1.09. The molecule has 2 fully saturated rings. The first-order valence-corrected chi connectivity index (χ1v) is 8.89. The number of aromatic nitrogens is 2. The first kappa shape index (κ1) is 15.4. The normalized spacial score (nSPS) is 23.1. The van der Waals surface area contributed by atoms with Gasteiger partial charge in [0.15, 0.2) is 0 Å². The molecule has 1 aromatic heterocycles. The molecule has 2 aliphatic heterocycles. The van der Waals surface area contributed by atoms with E-state index in [-0.39, 0.29) is 5.91 Å². The van der Waals surface area contributed by atoms with E-state index in [9.17, 15) is 4.79 Å². The Labute approximate surface area is 135 Å². The van der Waals surface area contributed by atoms with Crippen LogP contribution in [0.1, 0.15) is 13.3 Å². The van der Waals surface area contributed by atoms with E-state index in [1.807, 2.05) is 29.8 Å². The molecule has 1 amide bonds. The third-order valence-corrected chi connectivity index (χ3v) is 5.71. The van der Waals surface area contributed by atoms with Crippen molar-refractivity contribution in [2.75, 3.05) is 55.3 Å². The van der Waals surface area contributed by atoms with Crippen LogP contribution in [0, 0.1) is 0 Å². The largest absolute Gasteiger partial charge is 0.355 e. The average Bonchev–Trinajstić information content (AvgIpc) is 2.57. The van der Waals surface area contributed by atoms with Gasteiger partial charge in [0.2, 0.25) is 5.91 Å². The minimum atomic E-state index is 0.145. The fraction of sp³-hybridized carbons (Fsp3) is 0.667. The Hall–Kier alpha value is -1.50. The van der Waals surface area contributed by atoms with Crippen LogP contribution in [0.15, 0.2) is 12.4 Å². The number of hydrogen-bond acceptors (Lipinski definition) is 6. The quantitative estimate of drug-likeness (QED) is 0.831. The topological polar surface area (TPSA) is 52.6 Å². The van der Waals surface area contributed by atoms with E-state index in [0.29, 0.717) is 11.8 Å². The summed E-state index contributed by atoms with van der Waals surface area (Å²) in [6.45, 7) is 6.28. The number of anilines is 2. The maximum absolute atomic E-state index is 11.9. The SMILES string of the molecule is CCC1CN(c2cc(N3CCN(C)C(=O)C3)ncn2)CCS1. The fourth-order valence-corrected chi connectivity index (χ4v) is 3.99. The highest BCUT2D eigenvalue weighted by Gasteiger charge is 2.24. The third kappa shape index (κ3) is 3.29. The number of hydrogen-bond donors (Lipinski definition) is 0. The van der Waals surface area contributed by atoms with Crippen LogP contribution in [0.5, 0.6) is 0 Å². The van der Waals surface area contributed by atoms with Crippen molar-refractivity contribution in [2.45, 2.75) is 18.6 Å². The molecule has 22 heavy (non-hydrogen) atoms. The van der Waals surface area contributed by atoms with E-state index < -0.39 is 0 Å². The van der Waals surface area contributed by atoms with E-state index in [4.69, 9.17) is 0 Å². The van der Waals surface area contributed by atoms with Crippen molar-refractivity contribution in [3.05, 3.63) is 12.4 Å². The van der Waals surface area contributed by atoms with Crippen molar-refractivity contribution >= 4 is 29.3 Å². The number of piperazine rings is 1. The number of carbonyl (C=O) groups is 1. The first-order chi connectivity index (χ1) is 10.7. The smallest absolute Gasteiger partial charge is 0.241 e. The van der Waals surface area contributed by atoms with Gasteiger partial charge in [-0.3, -0.25) is 4.79 Å². The van der Waals surface area contributed by atoms with Gasteiger partial charge in [0.05, 0.1) is 6.54 Å². The molecular weight excluding hydrogens is 298 g/mol. The lowest BCUT2D eigenvalue weighted by atomic mass is 10.3. The van der Waals surface area contributed by atoms with Gasteiger partial charge in [-0.1, -0.05) is 6.92 Å². The lowest BCUT2D eigenvalue weighted by Crippen LogP contribution is -2.49. The monoisotopic (exact) mass is 321 g/mol. The van der Waals surface area contributed by atoms with Crippen LogP contribution in [-0.2, 0) is 4.79 Å². The van der Waals surface area contributed by atoms with Crippen LogP contribution < -0.4 is 9.80 Å². The maximum atomic E-state index is 11.9. The van der Waals surface area contributed by atoms with Crippen molar-refractivity contribution in [3.63, 3.8) is 0 Å². The van der Waals surface area contributed by atoms with Gasteiger partial charge in [-0.25, -0.2) is 9.97 Å². The Balaban J connectivity index is 1.74. The summed E-state index contributed by atoms with van der Waals surface area (Å²) in [4.78, 5) is 26.8. The van der Waals surface area contributed by atoms with Crippen LogP contribution in [0.4, 0.5) is 11.6 Å². The summed E-state index contributed by atoms with van der Waals surface area (Å²) in [5.74, 6) is 3.13. The zero-order chi connectivity index (χ0) is 15.5. The second kappa shape index (κ2) is 6.73. The summed E-state index contributed by atoms with van der Waals surface area (Å²) < 4.78 is 0. The zero-order valence-electron chi connectivity index (χ0n) is 13.2. The number of likely N-dealkylation sites (N-methyl/N-ethyl adjacent to an activating group) is 1. The van der Waals surface area contributed by atoms with Crippen LogP contribution in [0.3, 0.4) is 0 Å². The summed E-state index contributed by atoms with van der Waals surface area (Å²) in [5.41, 5.74) is 0. The van der Waals surface area contributed by atoms with Crippen molar-refractivity contribution in [1.29, 1.82) is 0 Å². The van der Waals surface area contributed by atoms with Crippen LogP contribution in [0.25, 0.3) is 0 Å². The van der Waals surface area contributed by atoms with Crippen molar-refractivity contribution in [3.8, 4) is 0 Å². The Morgan fingerprint density at radius 2 is 2.00 bits per heavy atom. The summed E-state index contributed by atoms with van der Waals surface area (Å²) in [5, 5.41) is 0.678. The molecule has 0 N–H and O–H groups in total. The second-order valence-electron chi connectivity index (χ2n) is 5.82. The highest BCUT2D eigenvalue weighted by Crippen LogP contribution is 2.26. The van der Waals surface area contributed by atoms with Crippen LogP contribution >= 0.6 is 11.8 Å². The zero-order valence-corrected chi connectivity index (χ0v) is 14.1. The standard InChI is InChI=1S/C15H23N5OS/c1-3-12-9-20(6-7-22-12)14-8-13(16-11-17-14)19-5-4-18(2)15(21)10-19/h8,11-12H,3-7,9-10H2,1-2H3. The van der Waals surface area contributed by atoms with Gasteiger partial charge >= 0.3 is 0 Å². The van der Waals surface area contributed by atoms with Gasteiger partial charge in [-0.05, 0) is 6.42 Å². The molecule has 120 valence electrons. The lowest BCUT2D eigenvalue weighted by Gasteiger charge is -2.35. The van der Waals surface area contributed by atoms with E-state index in [1.54, 1.807) is 11.2 Å². The molecule has 0 aliphatic carbocycles. The van der Waals surface area contributed by atoms with Crippen molar-refractivity contribution < 1.29 is 4.79 Å². The molecule has 2 aliphatic rings. The number of nitrogens with zero attached hydrogens (tertiary/aromatic N) is 5. The Morgan fingerprint density at radius 1 is 1.23 bits per heavy atom. The van der Waals surface area contributed by atoms with Gasteiger partial charge in [0.25, 0.3) is 0 Å². The molecule has 3 heterocycles. The van der Waals surface area contributed by atoms with Crippen molar-refractivity contribution in [1.82, 2.24) is 14.9 Å². The summed E-state index contributed by atoms with van der Waals surface area (Å²) >= 11 is 2.05. The van der Waals surface area contributed by atoms with Crippen LogP contribution in [-0.4, -0.2) is 71.5 Å². The molecule has 6 nitrogen and oxygen atoms in total. The second-order valence-corrected chi connectivity index (χ2v) is 7.23. The van der Waals surface area contributed by atoms with E-state index in [1.165, 1.54) is 6.42 Å². The molecule has 0 aromatic carbocycles. The number of carbonyl (C=O) groups excluding carboxylic acids is 1. The molecule has 2 saturated heterocycles. The van der Waals surface area contributed by atoms with Crippen molar-refractivity contribution in [2.24, 2.45) is 0 Å². The molecule has 1 unspecified atom stereocenters. The van der Waals surface area contributed by atoms with Crippen LogP contribution in [0.2, 0.25) is 0 Å². The van der Waals surface area contributed by atoms with E-state index in [0.717, 1.165) is 43.6 Å². The molecule has 3 rings (SSSR count). The molecule has 0 radical (unpaired) electrons. The fourth-order valence-electron chi connectivity index (χ4n) is 2.81. The lowest BCUT2D eigenvalue weighted by molar-refractivity contribution is -0.129. The number of rotatable bonds is 3. The van der Waals surface area contributed by atoms with E-state index >= 15 is 0 Å². The predicted molar refractivity (Wildman–Crippen MR) is 90.6 cm³/mol. The Kier molecular flexibility index (Phi) is 4.71. The molecular formula is C15H23N5OS. The molecule has 0 saturated carbocycles. The first-order valence-electron chi connectivity index (χ1n) is 7.85. The maximum Gasteiger partial charge on any atom is 0.241 e. The average molecular weight is 321 g/mol. The minimum Gasteiger partial charge on any atom is -0.355 e. The molecule has 1 aromatic rings. The summed E-state index contributed by atoms with van der Waals surface area (Å²) in [7, 11) is 1.85. The summed E-state index contributed by atoms with van der Waals surface area (Å²) in [6.07, 6.45) is 2.81. The molecule has 0 spiro atoms. The minimum absolute atomic E-state index is 0.145. The Bertz CT molecular complexity index is 540. The Morgan fingerprint density at radius 3 is 2.73 bits per heavy atom. The van der Waals surface area contributed by atoms with Gasteiger partial charge < -0.3 is 14.7 Å². The highest BCUT2D eigenvalue weighted by molar-refractivity contribution is 8.00. The third-order valence-electron chi connectivity index (χ3n) is 4.34. The highest BCUT2D eigenvalue weighted by atomic mass is 32.2. The molecule has 0 bridgehead atoms. The summed E-state index contributed by atoms with van der Waals surface area (Å²) in [6, 6.07) is 2.03. The number of amides is 1. The van der Waals surface area contributed by atoms with E-state index in [2.05, 4.69) is 21.8 Å². The number of thioether (sulfide) groups is 1. The van der Waals surface area contributed by atoms with Gasteiger partial charge in [-0.2, -0.15) is 11.8 Å².